The summed E-state index contributed by atoms with van der Waals surface area (Å²) in [6, 6.07) is 11.7. The van der Waals surface area contributed by atoms with Gasteiger partial charge in [0.2, 0.25) is 5.91 Å². The quantitative estimate of drug-likeness (QED) is 0.532. The maximum absolute atomic E-state index is 12.7. The number of carbonyl (C=O) groups is 1. The second-order valence-corrected chi connectivity index (χ2v) is 7.40. The van der Waals surface area contributed by atoms with Gasteiger partial charge in [0.25, 0.3) is 0 Å². The van der Waals surface area contributed by atoms with Gasteiger partial charge in [0.05, 0.1) is 0 Å². The van der Waals surface area contributed by atoms with Gasteiger partial charge in [-0.15, -0.1) is 0 Å². The van der Waals surface area contributed by atoms with E-state index in [0.29, 0.717) is 12.5 Å². The van der Waals surface area contributed by atoms with E-state index in [9.17, 15) is 18.0 Å². The molecule has 0 aliphatic carbocycles. The van der Waals surface area contributed by atoms with E-state index in [-0.39, 0.29) is 18.1 Å². The number of rotatable bonds is 6. The molecule has 0 saturated carbocycles. The van der Waals surface area contributed by atoms with Crippen molar-refractivity contribution in [3.05, 3.63) is 59.9 Å². The number of pyridine rings is 1. The molecular weight excluding hydrogens is 395 g/mol. The van der Waals surface area contributed by atoms with Gasteiger partial charge >= 0.3 is 6.18 Å². The van der Waals surface area contributed by atoms with Gasteiger partial charge < -0.3 is 9.88 Å². The van der Waals surface area contributed by atoms with Gasteiger partial charge in [-0.25, -0.2) is 4.98 Å². The third-order valence-electron chi connectivity index (χ3n) is 5.36. The smallest absolute Gasteiger partial charge is 0.361 e. The van der Waals surface area contributed by atoms with Crippen LogP contribution < -0.4 is 10.9 Å². The van der Waals surface area contributed by atoms with Gasteiger partial charge in [-0.1, -0.05) is 24.3 Å². The molecular formula is C21H22F3N5O. The number of hydrazine groups is 1. The van der Waals surface area contributed by atoms with Crippen LogP contribution in [0.25, 0.3) is 10.9 Å². The Morgan fingerprint density at radius 3 is 2.87 bits per heavy atom. The Balaban J connectivity index is 1.25. The number of fused-ring (bicyclic) bond motifs is 1. The van der Waals surface area contributed by atoms with Crippen LogP contribution in [-0.2, 0) is 11.0 Å². The molecule has 3 aromatic rings. The molecule has 158 valence electrons. The predicted molar refractivity (Wildman–Crippen MR) is 108 cm³/mol. The molecule has 1 atom stereocenters. The van der Waals surface area contributed by atoms with Crippen LogP contribution in [0.3, 0.4) is 0 Å². The molecule has 3 N–H and O–H groups in total. The first-order valence-electron chi connectivity index (χ1n) is 9.77. The van der Waals surface area contributed by atoms with E-state index >= 15 is 0 Å². The number of likely N-dealkylation sites (tertiary alicyclic amines) is 1. The number of nitrogens with zero attached hydrogens (tertiary/aromatic N) is 2. The SMILES string of the molecule is O=C(CCN1CCC(c2c[nH]c3ccccc23)C1)NNc1cccc(C(F)(F)F)n1. The molecule has 1 aromatic carbocycles. The first-order valence-corrected chi connectivity index (χ1v) is 9.77. The zero-order valence-electron chi connectivity index (χ0n) is 16.2. The van der Waals surface area contributed by atoms with E-state index in [2.05, 4.69) is 44.0 Å². The zero-order chi connectivity index (χ0) is 21.1. The largest absolute Gasteiger partial charge is 0.433 e. The van der Waals surface area contributed by atoms with Crippen LogP contribution in [0.2, 0.25) is 0 Å². The molecule has 0 radical (unpaired) electrons. The average Bonchev–Trinajstić information content (AvgIpc) is 3.37. The highest BCUT2D eigenvalue weighted by molar-refractivity contribution is 5.83. The van der Waals surface area contributed by atoms with Crippen molar-refractivity contribution in [2.75, 3.05) is 25.1 Å². The lowest BCUT2D eigenvalue weighted by atomic mass is 9.98. The predicted octanol–water partition coefficient (Wildman–Crippen LogP) is 3.90. The van der Waals surface area contributed by atoms with Crippen molar-refractivity contribution in [2.24, 2.45) is 0 Å². The fraction of sp³-hybridized carbons (Fsp3) is 0.333. The van der Waals surface area contributed by atoms with Gasteiger partial charge in [-0.3, -0.25) is 15.6 Å². The van der Waals surface area contributed by atoms with Crippen LogP contribution in [-0.4, -0.2) is 40.4 Å². The zero-order valence-corrected chi connectivity index (χ0v) is 16.2. The van der Waals surface area contributed by atoms with Crippen LogP contribution in [0.1, 0.15) is 30.0 Å². The summed E-state index contributed by atoms with van der Waals surface area (Å²) in [6.45, 7) is 2.36. The molecule has 0 spiro atoms. The molecule has 30 heavy (non-hydrogen) atoms. The number of benzene rings is 1. The first-order chi connectivity index (χ1) is 14.4. The average molecular weight is 417 g/mol. The molecule has 2 aromatic heterocycles. The lowest BCUT2D eigenvalue weighted by molar-refractivity contribution is -0.141. The number of nitrogens with one attached hydrogen (secondary N) is 3. The Morgan fingerprint density at radius 1 is 1.20 bits per heavy atom. The number of hydrogen-bond donors (Lipinski definition) is 3. The number of para-hydroxylation sites is 1. The Bertz CT molecular complexity index is 1030. The summed E-state index contributed by atoms with van der Waals surface area (Å²) < 4.78 is 38.1. The molecule has 1 saturated heterocycles. The van der Waals surface area contributed by atoms with Crippen molar-refractivity contribution in [1.82, 2.24) is 20.3 Å². The minimum Gasteiger partial charge on any atom is -0.361 e. The number of carbonyl (C=O) groups excluding carboxylic acids is 1. The molecule has 6 nitrogen and oxygen atoms in total. The van der Waals surface area contributed by atoms with Crippen LogP contribution in [0.15, 0.2) is 48.7 Å². The van der Waals surface area contributed by atoms with Gasteiger partial charge in [0.15, 0.2) is 0 Å². The minimum atomic E-state index is -4.53. The molecule has 1 aliphatic heterocycles. The molecule has 4 rings (SSSR count). The molecule has 3 heterocycles. The van der Waals surface area contributed by atoms with Crippen LogP contribution in [0.4, 0.5) is 19.0 Å². The summed E-state index contributed by atoms with van der Waals surface area (Å²) in [4.78, 5) is 21.1. The third-order valence-corrected chi connectivity index (χ3v) is 5.36. The molecule has 1 amide bonds. The second kappa shape index (κ2) is 8.35. The summed E-state index contributed by atoms with van der Waals surface area (Å²) in [7, 11) is 0. The number of alkyl halides is 3. The van der Waals surface area contributed by atoms with Crippen molar-refractivity contribution >= 4 is 22.6 Å². The first kappa shape index (κ1) is 20.2. The standard InChI is InChI=1S/C21H22F3N5O/c22-21(23,24)18-6-3-7-19(26-18)27-28-20(30)9-11-29-10-8-14(13-29)16-12-25-17-5-2-1-4-15(16)17/h1-7,12,14,25H,8-11,13H2,(H,26,27)(H,28,30). The number of H-pyrrole nitrogens is 1. The lowest BCUT2D eigenvalue weighted by Crippen LogP contribution is -2.33. The highest BCUT2D eigenvalue weighted by atomic mass is 19.4. The fourth-order valence-corrected chi connectivity index (χ4v) is 3.84. The normalized spacial score (nSPS) is 17.4. The van der Waals surface area contributed by atoms with Crippen molar-refractivity contribution in [2.45, 2.75) is 24.9 Å². The lowest BCUT2D eigenvalue weighted by Gasteiger charge is -2.16. The van der Waals surface area contributed by atoms with E-state index in [1.165, 1.54) is 23.1 Å². The highest BCUT2D eigenvalue weighted by Gasteiger charge is 2.32. The van der Waals surface area contributed by atoms with Crippen molar-refractivity contribution in [1.29, 1.82) is 0 Å². The number of halogens is 3. The van der Waals surface area contributed by atoms with Crippen LogP contribution >= 0.6 is 0 Å². The molecule has 0 bridgehead atoms. The fourth-order valence-electron chi connectivity index (χ4n) is 3.84. The monoisotopic (exact) mass is 417 g/mol. The number of anilines is 1. The Labute approximate surface area is 171 Å². The van der Waals surface area contributed by atoms with Crippen LogP contribution in [0, 0.1) is 0 Å². The summed E-state index contributed by atoms with van der Waals surface area (Å²) >= 11 is 0. The van der Waals surface area contributed by atoms with Gasteiger partial charge in [0.1, 0.15) is 11.5 Å². The van der Waals surface area contributed by atoms with Gasteiger partial charge in [0, 0.05) is 36.6 Å². The van der Waals surface area contributed by atoms with E-state index < -0.39 is 11.9 Å². The van der Waals surface area contributed by atoms with Gasteiger partial charge in [-0.05, 0) is 42.6 Å². The molecule has 9 heteroatoms. The summed E-state index contributed by atoms with van der Waals surface area (Å²) in [5, 5.41) is 1.24. The van der Waals surface area contributed by atoms with Gasteiger partial charge in [-0.2, -0.15) is 13.2 Å². The number of aromatic amines is 1. The molecule has 1 aliphatic rings. The Kier molecular flexibility index (Phi) is 5.63. The Hall–Kier alpha value is -3.07. The number of aromatic nitrogens is 2. The van der Waals surface area contributed by atoms with E-state index in [0.717, 1.165) is 31.1 Å². The topological polar surface area (TPSA) is 73.1 Å². The second-order valence-electron chi connectivity index (χ2n) is 7.40. The highest BCUT2D eigenvalue weighted by Crippen LogP contribution is 2.32. The molecule has 1 unspecified atom stereocenters. The summed E-state index contributed by atoms with van der Waals surface area (Å²) in [5.74, 6) is 0.0557. The number of hydrogen-bond acceptors (Lipinski definition) is 4. The Morgan fingerprint density at radius 2 is 2.03 bits per heavy atom. The van der Waals surface area contributed by atoms with Crippen molar-refractivity contribution < 1.29 is 18.0 Å². The minimum absolute atomic E-state index is 0.0567. The third kappa shape index (κ3) is 4.56. The molecule has 1 fully saturated rings. The van der Waals surface area contributed by atoms with E-state index in [1.54, 1.807) is 0 Å². The van der Waals surface area contributed by atoms with Crippen molar-refractivity contribution in [3.8, 4) is 0 Å². The van der Waals surface area contributed by atoms with Crippen molar-refractivity contribution in [3.63, 3.8) is 0 Å². The van der Waals surface area contributed by atoms with Crippen LogP contribution in [0.5, 0.6) is 0 Å². The summed E-state index contributed by atoms with van der Waals surface area (Å²) in [5.41, 5.74) is 6.28. The van der Waals surface area contributed by atoms with E-state index in [1.807, 2.05) is 12.1 Å². The maximum Gasteiger partial charge on any atom is 0.433 e. The van der Waals surface area contributed by atoms with E-state index in [4.69, 9.17) is 0 Å². The summed E-state index contributed by atoms with van der Waals surface area (Å²) in [6.07, 6.45) is -1.20. The number of amides is 1. The maximum atomic E-state index is 12.7.